The van der Waals surface area contributed by atoms with E-state index in [1.54, 1.807) is 12.1 Å². The summed E-state index contributed by atoms with van der Waals surface area (Å²) in [5.41, 5.74) is 2.47. The molecule has 0 fully saturated rings. The number of benzene rings is 2. The molecule has 7 nitrogen and oxygen atoms in total. The highest BCUT2D eigenvalue weighted by molar-refractivity contribution is 7.99. The van der Waals surface area contributed by atoms with E-state index < -0.39 is 0 Å². The maximum absolute atomic E-state index is 12.2. The number of amidine groups is 1. The average molecular weight is 365 g/mol. The molecule has 130 valence electrons. The van der Waals surface area contributed by atoms with Crippen molar-refractivity contribution in [2.45, 2.75) is 11.6 Å². The average Bonchev–Trinajstić information content (AvgIpc) is 3.23. The second-order valence-electron chi connectivity index (χ2n) is 5.66. The number of hydrogen-bond acceptors (Lipinski definition) is 5. The molecule has 1 aromatic heterocycles. The first-order chi connectivity index (χ1) is 12.7. The molecule has 0 unspecified atom stereocenters. The van der Waals surface area contributed by atoms with Crippen molar-refractivity contribution < 1.29 is 9.59 Å². The zero-order chi connectivity index (χ0) is 17.9. The fraction of sp³-hybridized carbons (Fsp3) is 0.111. The normalized spacial score (nSPS) is 13.9. The topological polar surface area (TPSA) is 90.4 Å². The van der Waals surface area contributed by atoms with Crippen molar-refractivity contribution in [1.29, 1.82) is 0 Å². The lowest BCUT2D eigenvalue weighted by Gasteiger charge is -2.10. The van der Waals surface area contributed by atoms with Gasteiger partial charge in [0.15, 0.2) is 5.16 Å². The van der Waals surface area contributed by atoms with Gasteiger partial charge in [0.1, 0.15) is 5.84 Å². The molecule has 8 heteroatoms. The first kappa shape index (κ1) is 16.3. The molecular weight excluding hydrogens is 350 g/mol. The Balaban J connectivity index is 1.36. The van der Waals surface area contributed by atoms with Crippen LogP contribution in [-0.4, -0.2) is 33.4 Å². The molecule has 2 aromatic carbocycles. The maximum Gasteiger partial charge on any atom is 0.255 e. The largest absolute Gasteiger partial charge is 0.333 e. The Morgan fingerprint density at radius 2 is 1.92 bits per heavy atom. The summed E-state index contributed by atoms with van der Waals surface area (Å²) in [4.78, 5) is 31.8. The number of fused-ring (bicyclic) bond motifs is 1. The van der Waals surface area contributed by atoms with E-state index in [2.05, 4.69) is 20.4 Å². The minimum absolute atomic E-state index is 0.0793. The number of para-hydroxylation sites is 3. The van der Waals surface area contributed by atoms with Crippen molar-refractivity contribution in [2.24, 2.45) is 5.10 Å². The van der Waals surface area contributed by atoms with E-state index in [4.69, 9.17) is 0 Å². The summed E-state index contributed by atoms with van der Waals surface area (Å²) < 4.78 is 0. The third-order valence-corrected chi connectivity index (χ3v) is 4.64. The molecule has 2 amide bonds. The van der Waals surface area contributed by atoms with Crippen molar-refractivity contribution in [2.75, 3.05) is 10.8 Å². The molecular formula is C18H15N5O2S. The van der Waals surface area contributed by atoms with Crippen LogP contribution < -0.4 is 10.3 Å². The molecule has 0 bridgehead atoms. The Kier molecular flexibility index (Phi) is 4.40. The predicted molar refractivity (Wildman–Crippen MR) is 101 cm³/mol. The van der Waals surface area contributed by atoms with Gasteiger partial charge in [0.25, 0.3) is 5.91 Å². The van der Waals surface area contributed by atoms with Crippen molar-refractivity contribution in [1.82, 2.24) is 15.3 Å². The van der Waals surface area contributed by atoms with Gasteiger partial charge in [-0.25, -0.2) is 4.98 Å². The number of anilines is 1. The van der Waals surface area contributed by atoms with E-state index in [1.165, 1.54) is 16.8 Å². The highest BCUT2D eigenvalue weighted by Crippen LogP contribution is 2.20. The van der Waals surface area contributed by atoms with Gasteiger partial charge in [0, 0.05) is 0 Å². The van der Waals surface area contributed by atoms with Crippen molar-refractivity contribution in [3.63, 3.8) is 0 Å². The Labute approximate surface area is 153 Å². The molecule has 0 radical (unpaired) electrons. The highest BCUT2D eigenvalue weighted by atomic mass is 32.2. The number of thioether (sulfide) groups is 1. The van der Waals surface area contributed by atoms with Gasteiger partial charge in [-0.3, -0.25) is 9.59 Å². The summed E-state index contributed by atoms with van der Waals surface area (Å²) in [5, 5.41) is 8.89. The smallest absolute Gasteiger partial charge is 0.255 e. The van der Waals surface area contributed by atoms with Crippen molar-refractivity contribution in [3.05, 3.63) is 54.6 Å². The monoisotopic (exact) mass is 365 g/mol. The number of amides is 2. The van der Waals surface area contributed by atoms with E-state index >= 15 is 0 Å². The lowest BCUT2D eigenvalue weighted by Crippen LogP contribution is -2.31. The maximum atomic E-state index is 12.2. The molecule has 4 rings (SSSR count). The Morgan fingerprint density at radius 3 is 2.73 bits per heavy atom. The number of aromatic amines is 1. The van der Waals surface area contributed by atoms with Gasteiger partial charge in [-0.1, -0.05) is 42.1 Å². The number of imidazole rings is 1. The summed E-state index contributed by atoms with van der Waals surface area (Å²) in [7, 11) is 0. The summed E-state index contributed by atoms with van der Waals surface area (Å²) in [6.45, 7) is 0. The van der Waals surface area contributed by atoms with Crippen LogP contribution in [0.4, 0.5) is 5.69 Å². The first-order valence-electron chi connectivity index (χ1n) is 8.02. The quantitative estimate of drug-likeness (QED) is 0.695. The van der Waals surface area contributed by atoms with Crippen LogP contribution in [0.5, 0.6) is 0 Å². The summed E-state index contributed by atoms with van der Waals surface area (Å²) in [5.74, 6) is 0.140. The fourth-order valence-electron chi connectivity index (χ4n) is 2.60. The number of carbonyl (C=O) groups is 2. The van der Waals surface area contributed by atoms with Crippen LogP contribution in [0, 0.1) is 0 Å². The third-order valence-electron chi connectivity index (χ3n) is 3.77. The van der Waals surface area contributed by atoms with E-state index in [0.29, 0.717) is 16.7 Å². The van der Waals surface area contributed by atoms with Crippen molar-refractivity contribution >= 4 is 46.1 Å². The van der Waals surface area contributed by atoms with Crippen LogP contribution in [0.2, 0.25) is 0 Å². The summed E-state index contributed by atoms with van der Waals surface area (Å²) in [6.07, 6.45) is 0.0793. The number of hydrazone groups is 1. The van der Waals surface area contributed by atoms with Gasteiger partial charge < -0.3 is 10.3 Å². The van der Waals surface area contributed by atoms with Gasteiger partial charge in [-0.2, -0.15) is 10.1 Å². The summed E-state index contributed by atoms with van der Waals surface area (Å²) in [6, 6.07) is 16.8. The number of rotatable bonds is 4. The van der Waals surface area contributed by atoms with E-state index in [1.807, 2.05) is 42.5 Å². The van der Waals surface area contributed by atoms with Crippen LogP contribution >= 0.6 is 11.8 Å². The fourth-order valence-corrected chi connectivity index (χ4v) is 3.28. The molecule has 0 spiro atoms. The molecule has 0 atom stereocenters. The molecule has 3 aromatic rings. The van der Waals surface area contributed by atoms with Crippen LogP contribution in [0.3, 0.4) is 0 Å². The Hall–Kier alpha value is -3.13. The van der Waals surface area contributed by atoms with Crippen LogP contribution in [-0.2, 0) is 9.59 Å². The van der Waals surface area contributed by atoms with Gasteiger partial charge >= 0.3 is 0 Å². The number of carbonyl (C=O) groups excluding carboxylic acids is 2. The van der Waals surface area contributed by atoms with Crippen LogP contribution in [0.1, 0.15) is 6.42 Å². The number of aromatic nitrogens is 2. The zero-order valence-electron chi connectivity index (χ0n) is 13.7. The molecule has 0 saturated carbocycles. The number of nitrogens with zero attached hydrogens (tertiary/aromatic N) is 3. The van der Waals surface area contributed by atoms with E-state index in [9.17, 15) is 9.59 Å². The Bertz CT molecular complexity index is 966. The minimum atomic E-state index is -0.225. The Morgan fingerprint density at radius 1 is 1.15 bits per heavy atom. The predicted octanol–water partition coefficient (Wildman–Crippen LogP) is 2.52. The standard InChI is InChI=1S/C18H15N5O2S/c24-16(11-26-18-19-13-8-4-5-9-14(13)20-18)21-15-10-17(25)23(22-15)12-6-2-1-3-7-12/h1-9H,10-11H2,(H,19,20)(H,21,22,24). The molecule has 0 aliphatic carbocycles. The third kappa shape index (κ3) is 3.45. The lowest BCUT2D eigenvalue weighted by molar-refractivity contribution is -0.117. The number of nitrogens with one attached hydrogen (secondary N) is 2. The second kappa shape index (κ2) is 7.01. The summed E-state index contributed by atoms with van der Waals surface area (Å²) >= 11 is 1.30. The van der Waals surface area contributed by atoms with Gasteiger partial charge in [0.05, 0.1) is 28.9 Å². The highest BCUT2D eigenvalue weighted by Gasteiger charge is 2.26. The first-order valence-corrected chi connectivity index (χ1v) is 9.00. The van der Waals surface area contributed by atoms with Crippen molar-refractivity contribution in [3.8, 4) is 0 Å². The van der Waals surface area contributed by atoms with Gasteiger partial charge in [-0.15, -0.1) is 0 Å². The van der Waals surface area contributed by atoms with E-state index in [0.717, 1.165) is 11.0 Å². The molecule has 2 N–H and O–H groups in total. The molecule has 1 aliphatic heterocycles. The molecule has 26 heavy (non-hydrogen) atoms. The lowest BCUT2D eigenvalue weighted by atomic mass is 10.3. The minimum Gasteiger partial charge on any atom is -0.333 e. The van der Waals surface area contributed by atoms with E-state index in [-0.39, 0.29) is 24.0 Å². The van der Waals surface area contributed by atoms with Crippen LogP contribution in [0.25, 0.3) is 11.0 Å². The van der Waals surface area contributed by atoms with Gasteiger partial charge in [-0.05, 0) is 24.3 Å². The molecule has 1 aliphatic rings. The van der Waals surface area contributed by atoms with Crippen LogP contribution in [0.15, 0.2) is 64.9 Å². The molecule has 0 saturated heterocycles. The second-order valence-corrected chi connectivity index (χ2v) is 6.62. The molecule has 2 heterocycles. The van der Waals surface area contributed by atoms with Gasteiger partial charge in [0.2, 0.25) is 5.91 Å². The SMILES string of the molecule is O=C(CSc1nc2ccccc2[nH]1)NC1=NN(c2ccccc2)C(=O)C1. The zero-order valence-corrected chi connectivity index (χ0v) is 14.5. The number of H-pyrrole nitrogens is 1. The number of hydrogen-bond donors (Lipinski definition) is 2.